The minimum atomic E-state index is -0.433. The molecule has 0 amide bonds. The van der Waals surface area contributed by atoms with Crippen molar-refractivity contribution < 1.29 is 9.47 Å². The minimum Gasteiger partial charge on any atom is -0.352 e. The molecule has 0 aliphatic carbocycles. The van der Waals surface area contributed by atoms with Gasteiger partial charge in [0.1, 0.15) is 0 Å². The number of aliphatic imine (C=N–C) groups is 1. The molecule has 0 bridgehead atoms. The Kier molecular flexibility index (Phi) is 5.68. The van der Waals surface area contributed by atoms with Crippen molar-refractivity contribution in [2.45, 2.75) is 20.1 Å². The first-order chi connectivity index (χ1) is 10.7. The van der Waals surface area contributed by atoms with Gasteiger partial charge in [-0.1, -0.05) is 48.5 Å². The molecule has 0 unspecified atom stereocenters. The van der Waals surface area contributed by atoms with Crippen molar-refractivity contribution in [3.05, 3.63) is 65.2 Å². The summed E-state index contributed by atoms with van der Waals surface area (Å²) in [5.74, 6) is 3.13. The summed E-state index contributed by atoms with van der Waals surface area (Å²) in [5, 5.41) is 0. The summed E-state index contributed by atoms with van der Waals surface area (Å²) in [6, 6.07) is 16.1. The molecule has 0 aromatic heterocycles. The van der Waals surface area contributed by atoms with E-state index in [-0.39, 0.29) is 0 Å². The fourth-order valence-electron chi connectivity index (χ4n) is 2.27. The lowest BCUT2D eigenvalue weighted by atomic mass is 10.1. The van der Waals surface area contributed by atoms with Crippen molar-refractivity contribution in [1.29, 1.82) is 0 Å². The van der Waals surface area contributed by atoms with Crippen molar-refractivity contribution in [2.75, 3.05) is 14.2 Å². The summed E-state index contributed by atoms with van der Waals surface area (Å²) in [7, 11) is 3.24. The Balaban J connectivity index is 2.47. The summed E-state index contributed by atoms with van der Waals surface area (Å²) >= 11 is 0. The fraction of sp³-hybridized carbons (Fsp3) is 0.263. The number of benzene rings is 2. The van der Waals surface area contributed by atoms with E-state index >= 15 is 0 Å². The third kappa shape index (κ3) is 3.71. The summed E-state index contributed by atoms with van der Waals surface area (Å²) < 4.78 is 10.7. The van der Waals surface area contributed by atoms with Crippen LogP contribution in [-0.4, -0.2) is 20.1 Å². The summed E-state index contributed by atoms with van der Waals surface area (Å²) in [6.07, 6.45) is -0.433. The topological polar surface area (TPSA) is 30.8 Å². The Bertz CT molecular complexity index is 682. The van der Waals surface area contributed by atoms with Crippen molar-refractivity contribution in [3.8, 4) is 0 Å². The second-order valence-corrected chi connectivity index (χ2v) is 5.03. The van der Waals surface area contributed by atoms with Gasteiger partial charge in [0.25, 0.3) is 0 Å². The van der Waals surface area contributed by atoms with Crippen LogP contribution in [0, 0.1) is 6.92 Å². The first kappa shape index (κ1) is 16.2. The van der Waals surface area contributed by atoms with Gasteiger partial charge >= 0.3 is 0 Å². The van der Waals surface area contributed by atoms with E-state index in [9.17, 15) is 0 Å². The van der Waals surface area contributed by atoms with E-state index in [0.717, 1.165) is 28.0 Å². The maximum atomic E-state index is 5.36. The summed E-state index contributed by atoms with van der Waals surface area (Å²) in [5.41, 5.74) is 4.90. The lowest BCUT2D eigenvalue weighted by Gasteiger charge is -2.16. The molecule has 3 nitrogen and oxygen atoms in total. The van der Waals surface area contributed by atoms with Crippen LogP contribution in [0.25, 0.3) is 5.57 Å². The van der Waals surface area contributed by atoms with Crippen molar-refractivity contribution in [3.63, 3.8) is 0 Å². The highest BCUT2D eigenvalue weighted by Crippen LogP contribution is 2.31. The van der Waals surface area contributed by atoms with Gasteiger partial charge in [0, 0.05) is 25.4 Å². The molecular weight excluding hydrogens is 274 g/mol. The van der Waals surface area contributed by atoms with Crippen molar-refractivity contribution in [1.82, 2.24) is 0 Å². The first-order valence-corrected chi connectivity index (χ1v) is 7.18. The zero-order chi connectivity index (χ0) is 15.9. The standard InChI is InChI=1S/C19H21NO2/c1-14-9-8-12-17(19(21-3)22-4)18(14)20-13-15(2)16-10-6-5-7-11-16/h5-12,19H,1-4H3. The largest absolute Gasteiger partial charge is 0.352 e. The van der Waals surface area contributed by atoms with Gasteiger partial charge in [0.2, 0.25) is 0 Å². The molecular formula is C19H21NO2. The molecule has 0 radical (unpaired) electrons. The molecule has 0 saturated carbocycles. The molecule has 114 valence electrons. The Morgan fingerprint density at radius 2 is 1.68 bits per heavy atom. The van der Waals surface area contributed by atoms with Crippen LogP contribution in [0.15, 0.2) is 53.5 Å². The number of para-hydroxylation sites is 1. The van der Waals surface area contributed by atoms with Crippen LogP contribution in [-0.2, 0) is 9.47 Å². The molecule has 3 heteroatoms. The molecule has 2 aromatic carbocycles. The van der Waals surface area contributed by atoms with Gasteiger partial charge in [0.15, 0.2) is 6.29 Å². The third-order valence-corrected chi connectivity index (χ3v) is 3.49. The molecule has 0 N–H and O–H groups in total. The quantitative estimate of drug-likeness (QED) is 0.592. The monoisotopic (exact) mass is 295 g/mol. The van der Waals surface area contributed by atoms with Gasteiger partial charge in [-0.2, -0.15) is 0 Å². The summed E-state index contributed by atoms with van der Waals surface area (Å²) in [6.45, 7) is 4.02. The number of methoxy groups -OCH3 is 2. The van der Waals surface area contributed by atoms with E-state index in [4.69, 9.17) is 9.47 Å². The maximum absolute atomic E-state index is 5.36. The van der Waals surface area contributed by atoms with E-state index in [0.29, 0.717) is 0 Å². The second kappa shape index (κ2) is 7.71. The zero-order valence-electron chi connectivity index (χ0n) is 13.5. The first-order valence-electron chi connectivity index (χ1n) is 7.18. The molecule has 0 fully saturated rings. The van der Waals surface area contributed by atoms with Crippen LogP contribution in [0.5, 0.6) is 0 Å². The van der Waals surface area contributed by atoms with E-state index in [1.807, 2.05) is 62.4 Å². The predicted octanol–water partition coefficient (Wildman–Crippen LogP) is 4.69. The van der Waals surface area contributed by atoms with Crippen LogP contribution < -0.4 is 0 Å². The lowest BCUT2D eigenvalue weighted by molar-refractivity contribution is -0.105. The molecule has 0 saturated heterocycles. The Morgan fingerprint density at radius 3 is 2.32 bits per heavy atom. The SMILES string of the molecule is COC(OC)c1cccc(C)c1N=C=C(C)c1ccccc1. The molecule has 0 heterocycles. The van der Waals surface area contributed by atoms with E-state index in [1.54, 1.807) is 14.2 Å². The van der Waals surface area contributed by atoms with Gasteiger partial charge in [0.05, 0.1) is 5.69 Å². The Hall–Kier alpha value is -2.19. The van der Waals surface area contributed by atoms with Crippen LogP contribution in [0.3, 0.4) is 0 Å². The third-order valence-electron chi connectivity index (χ3n) is 3.49. The fourth-order valence-corrected chi connectivity index (χ4v) is 2.27. The number of aryl methyl sites for hydroxylation is 1. The van der Waals surface area contributed by atoms with Gasteiger partial charge in [-0.3, -0.25) is 0 Å². The molecule has 2 rings (SSSR count). The van der Waals surface area contributed by atoms with E-state index in [1.165, 1.54) is 0 Å². The molecule has 0 spiro atoms. The van der Waals surface area contributed by atoms with Gasteiger partial charge < -0.3 is 9.47 Å². The molecule has 2 aromatic rings. The van der Waals surface area contributed by atoms with Gasteiger partial charge in [-0.05, 0) is 30.8 Å². The molecule has 22 heavy (non-hydrogen) atoms. The number of allylic oxidation sites excluding steroid dienone is 1. The smallest absolute Gasteiger partial charge is 0.185 e. The summed E-state index contributed by atoms with van der Waals surface area (Å²) in [4.78, 5) is 4.55. The normalized spacial score (nSPS) is 10.4. The Morgan fingerprint density at radius 1 is 1.00 bits per heavy atom. The number of hydrogen-bond acceptors (Lipinski definition) is 3. The number of rotatable bonds is 5. The zero-order valence-corrected chi connectivity index (χ0v) is 13.5. The number of hydrogen-bond donors (Lipinski definition) is 0. The van der Waals surface area contributed by atoms with E-state index < -0.39 is 6.29 Å². The molecule has 0 atom stereocenters. The number of ether oxygens (including phenoxy) is 2. The molecule has 0 aliphatic rings. The highest BCUT2D eigenvalue weighted by atomic mass is 16.7. The van der Waals surface area contributed by atoms with E-state index in [2.05, 4.69) is 10.9 Å². The average Bonchev–Trinajstić information content (AvgIpc) is 2.56. The lowest BCUT2D eigenvalue weighted by Crippen LogP contribution is -2.04. The van der Waals surface area contributed by atoms with Crippen molar-refractivity contribution in [2.24, 2.45) is 4.99 Å². The highest BCUT2D eigenvalue weighted by molar-refractivity contribution is 5.90. The molecule has 0 aliphatic heterocycles. The van der Waals surface area contributed by atoms with Crippen LogP contribution >= 0.6 is 0 Å². The second-order valence-electron chi connectivity index (χ2n) is 5.03. The number of nitrogens with zero attached hydrogens (tertiary/aromatic N) is 1. The van der Waals surface area contributed by atoms with Crippen molar-refractivity contribution >= 4 is 17.1 Å². The van der Waals surface area contributed by atoms with Gasteiger partial charge in [-0.15, -0.1) is 0 Å². The predicted molar refractivity (Wildman–Crippen MR) is 90.6 cm³/mol. The average molecular weight is 295 g/mol. The van der Waals surface area contributed by atoms with Gasteiger partial charge in [-0.25, -0.2) is 4.99 Å². The van der Waals surface area contributed by atoms with Crippen LogP contribution in [0.4, 0.5) is 5.69 Å². The van der Waals surface area contributed by atoms with Crippen LogP contribution in [0.2, 0.25) is 0 Å². The highest BCUT2D eigenvalue weighted by Gasteiger charge is 2.14. The Labute approximate surface area is 131 Å². The van der Waals surface area contributed by atoms with Crippen LogP contribution in [0.1, 0.15) is 29.9 Å². The minimum absolute atomic E-state index is 0.433. The maximum Gasteiger partial charge on any atom is 0.185 e.